The highest BCUT2D eigenvalue weighted by atomic mass is 19.1. The summed E-state index contributed by atoms with van der Waals surface area (Å²) in [5, 5.41) is 17.1. The van der Waals surface area contributed by atoms with E-state index in [1.165, 1.54) is 17.7 Å². The van der Waals surface area contributed by atoms with Crippen molar-refractivity contribution < 1.29 is 23.4 Å². The number of carbonyl (C=O) groups is 1. The molecular weight excluding hydrogens is 476 g/mol. The Morgan fingerprint density at radius 1 is 1.08 bits per heavy atom. The third-order valence-corrected chi connectivity index (χ3v) is 6.90. The van der Waals surface area contributed by atoms with Crippen LogP contribution in [0.1, 0.15) is 43.4 Å². The van der Waals surface area contributed by atoms with Crippen LogP contribution in [0.25, 0.3) is 0 Å². The largest absolute Gasteiger partial charge is 0.390 e. The van der Waals surface area contributed by atoms with Crippen molar-refractivity contribution >= 4 is 5.91 Å². The Morgan fingerprint density at radius 2 is 1.78 bits per heavy atom. The van der Waals surface area contributed by atoms with Gasteiger partial charge in [-0.15, -0.1) is 0 Å². The molecule has 0 saturated carbocycles. The number of nitrogens with zero attached hydrogens (tertiary/aromatic N) is 1. The SMILES string of the molecule is CCOCC1CCN(CC(=O)N[C@@H](Cc2cc(F)cc(F)c2)[C@H](O)CNCc2cccc(CC)c2)CC1. The average molecular weight is 518 g/mol. The number of likely N-dealkylation sites (tertiary alicyclic amines) is 1. The molecule has 0 aliphatic carbocycles. The second kappa shape index (κ2) is 15.1. The third-order valence-electron chi connectivity index (χ3n) is 6.90. The topological polar surface area (TPSA) is 73.8 Å². The standard InChI is InChI=1S/C29H41F2N3O3/c1-3-21-6-5-7-23(12-21)17-32-18-28(35)27(15-24-13-25(30)16-26(31)14-24)33-29(36)19-34-10-8-22(9-11-34)20-37-4-2/h5-7,12-14,16,22,27-28,32,35H,3-4,8-11,15,17-20H2,1-2H3,(H,33,36)/t27-,28+/m0/s1. The van der Waals surface area contributed by atoms with Gasteiger partial charge in [0.1, 0.15) is 11.6 Å². The van der Waals surface area contributed by atoms with Crippen molar-refractivity contribution in [2.24, 2.45) is 5.92 Å². The van der Waals surface area contributed by atoms with Crippen LogP contribution in [-0.2, 0) is 28.9 Å². The number of piperidine rings is 1. The maximum Gasteiger partial charge on any atom is 0.234 e. The van der Waals surface area contributed by atoms with Crippen LogP contribution in [0.15, 0.2) is 42.5 Å². The molecule has 0 aromatic heterocycles. The van der Waals surface area contributed by atoms with E-state index in [9.17, 15) is 18.7 Å². The van der Waals surface area contributed by atoms with E-state index in [1.54, 1.807) is 0 Å². The summed E-state index contributed by atoms with van der Waals surface area (Å²) in [6, 6.07) is 10.8. The van der Waals surface area contributed by atoms with Gasteiger partial charge in [-0.2, -0.15) is 0 Å². The Bertz CT molecular complexity index is 962. The van der Waals surface area contributed by atoms with Crippen LogP contribution in [0.3, 0.4) is 0 Å². The summed E-state index contributed by atoms with van der Waals surface area (Å²) in [6.07, 6.45) is 2.07. The van der Waals surface area contributed by atoms with Gasteiger partial charge in [-0.25, -0.2) is 8.78 Å². The summed E-state index contributed by atoms with van der Waals surface area (Å²) in [6.45, 7) is 8.19. The summed E-state index contributed by atoms with van der Waals surface area (Å²) < 4.78 is 33.1. The molecule has 6 nitrogen and oxygen atoms in total. The lowest BCUT2D eigenvalue weighted by Crippen LogP contribution is -2.51. The zero-order chi connectivity index (χ0) is 26.6. The molecule has 1 aliphatic rings. The van der Waals surface area contributed by atoms with E-state index in [0.29, 0.717) is 24.6 Å². The molecule has 204 valence electrons. The first kappa shape index (κ1) is 29.2. The minimum absolute atomic E-state index is 0.116. The maximum atomic E-state index is 13.8. The first-order chi connectivity index (χ1) is 17.9. The number of benzene rings is 2. The van der Waals surface area contributed by atoms with Gasteiger partial charge in [-0.05, 0) is 80.4 Å². The highest BCUT2D eigenvalue weighted by molar-refractivity contribution is 5.78. The van der Waals surface area contributed by atoms with Crippen molar-refractivity contribution in [3.8, 4) is 0 Å². The number of aryl methyl sites for hydroxylation is 1. The highest BCUT2D eigenvalue weighted by Gasteiger charge is 2.25. The first-order valence-electron chi connectivity index (χ1n) is 13.4. The molecule has 1 heterocycles. The molecule has 2 aromatic rings. The van der Waals surface area contributed by atoms with Crippen molar-refractivity contribution in [3.63, 3.8) is 0 Å². The predicted molar refractivity (Wildman–Crippen MR) is 141 cm³/mol. The summed E-state index contributed by atoms with van der Waals surface area (Å²) in [5.41, 5.74) is 2.72. The Morgan fingerprint density at radius 3 is 2.46 bits per heavy atom. The molecule has 3 N–H and O–H groups in total. The Balaban J connectivity index is 1.57. The number of aliphatic hydroxyl groups is 1. The molecule has 8 heteroatoms. The Kier molecular flexibility index (Phi) is 11.9. The summed E-state index contributed by atoms with van der Waals surface area (Å²) in [4.78, 5) is 15.0. The molecular formula is C29H41F2N3O3. The van der Waals surface area contributed by atoms with E-state index in [2.05, 4.69) is 34.6 Å². The quantitative estimate of drug-likeness (QED) is 0.358. The molecule has 37 heavy (non-hydrogen) atoms. The molecule has 2 atom stereocenters. The lowest BCUT2D eigenvalue weighted by Gasteiger charge is -2.32. The van der Waals surface area contributed by atoms with Crippen molar-refractivity contribution in [2.45, 2.75) is 58.2 Å². The molecule has 2 aromatic carbocycles. The van der Waals surface area contributed by atoms with E-state index in [-0.39, 0.29) is 25.4 Å². The predicted octanol–water partition coefficient (Wildman–Crippen LogP) is 3.45. The second-order valence-corrected chi connectivity index (χ2v) is 9.91. The van der Waals surface area contributed by atoms with Gasteiger partial charge >= 0.3 is 0 Å². The van der Waals surface area contributed by atoms with Gasteiger partial charge in [0, 0.05) is 32.4 Å². The summed E-state index contributed by atoms with van der Waals surface area (Å²) in [7, 11) is 0. The van der Waals surface area contributed by atoms with Crippen molar-refractivity contribution in [3.05, 3.63) is 70.8 Å². The van der Waals surface area contributed by atoms with Crippen LogP contribution in [0, 0.1) is 17.6 Å². The summed E-state index contributed by atoms with van der Waals surface area (Å²) in [5.74, 6) is -1.06. The Hall–Kier alpha value is -2.39. The van der Waals surface area contributed by atoms with Crippen LogP contribution < -0.4 is 10.6 Å². The third kappa shape index (κ3) is 10.1. The number of nitrogens with one attached hydrogen (secondary N) is 2. The fourth-order valence-corrected chi connectivity index (χ4v) is 4.78. The van der Waals surface area contributed by atoms with E-state index >= 15 is 0 Å². The van der Waals surface area contributed by atoms with Crippen LogP contribution >= 0.6 is 0 Å². The normalized spacial score (nSPS) is 16.5. The molecule has 1 fully saturated rings. The van der Waals surface area contributed by atoms with Gasteiger partial charge in [0.2, 0.25) is 5.91 Å². The molecule has 0 radical (unpaired) electrons. The van der Waals surface area contributed by atoms with Crippen molar-refractivity contribution in [1.82, 2.24) is 15.5 Å². The van der Waals surface area contributed by atoms with Crippen LogP contribution in [0.5, 0.6) is 0 Å². The maximum absolute atomic E-state index is 13.8. The van der Waals surface area contributed by atoms with Crippen LogP contribution in [0.2, 0.25) is 0 Å². The smallest absolute Gasteiger partial charge is 0.234 e. The number of halogens is 2. The first-order valence-corrected chi connectivity index (χ1v) is 13.4. The number of ether oxygens (including phenoxy) is 1. The zero-order valence-electron chi connectivity index (χ0n) is 22.0. The Labute approximate surface area is 219 Å². The minimum Gasteiger partial charge on any atom is -0.390 e. The molecule has 0 spiro atoms. The monoisotopic (exact) mass is 517 g/mol. The molecule has 1 amide bonds. The molecule has 0 bridgehead atoms. The van der Waals surface area contributed by atoms with Gasteiger partial charge in [-0.3, -0.25) is 9.69 Å². The van der Waals surface area contributed by atoms with Crippen LogP contribution in [-0.4, -0.2) is 67.5 Å². The van der Waals surface area contributed by atoms with Gasteiger partial charge in [0.25, 0.3) is 0 Å². The number of hydrogen-bond acceptors (Lipinski definition) is 5. The van der Waals surface area contributed by atoms with Gasteiger partial charge in [-0.1, -0.05) is 31.2 Å². The number of hydrogen-bond donors (Lipinski definition) is 3. The summed E-state index contributed by atoms with van der Waals surface area (Å²) >= 11 is 0. The lowest BCUT2D eigenvalue weighted by atomic mass is 9.97. The molecule has 1 saturated heterocycles. The fourth-order valence-electron chi connectivity index (χ4n) is 4.78. The number of aliphatic hydroxyl groups excluding tert-OH is 1. The van der Waals surface area contributed by atoms with Gasteiger partial charge in [0.15, 0.2) is 0 Å². The average Bonchev–Trinajstić information content (AvgIpc) is 2.87. The van der Waals surface area contributed by atoms with E-state index in [1.807, 2.05) is 19.1 Å². The number of amides is 1. The second-order valence-electron chi connectivity index (χ2n) is 9.91. The minimum atomic E-state index is -0.943. The van der Waals surface area contributed by atoms with Crippen molar-refractivity contribution in [2.75, 3.05) is 39.4 Å². The number of rotatable bonds is 14. The van der Waals surface area contributed by atoms with E-state index < -0.39 is 23.8 Å². The van der Waals surface area contributed by atoms with E-state index in [0.717, 1.165) is 50.6 Å². The zero-order valence-corrected chi connectivity index (χ0v) is 22.0. The lowest BCUT2D eigenvalue weighted by molar-refractivity contribution is -0.124. The highest BCUT2D eigenvalue weighted by Crippen LogP contribution is 2.17. The van der Waals surface area contributed by atoms with Gasteiger partial charge in [0.05, 0.1) is 18.7 Å². The molecule has 3 rings (SSSR count). The van der Waals surface area contributed by atoms with E-state index in [4.69, 9.17) is 4.74 Å². The fraction of sp³-hybridized carbons (Fsp3) is 0.552. The molecule has 0 unspecified atom stereocenters. The molecule has 1 aliphatic heterocycles. The van der Waals surface area contributed by atoms with Crippen molar-refractivity contribution in [1.29, 1.82) is 0 Å². The van der Waals surface area contributed by atoms with Crippen LogP contribution in [0.4, 0.5) is 8.78 Å². The van der Waals surface area contributed by atoms with Gasteiger partial charge < -0.3 is 20.5 Å². The number of carbonyl (C=O) groups excluding carboxylic acids is 1.